The molecule has 66 valence electrons. The van der Waals surface area contributed by atoms with Gasteiger partial charge in [0, 0.05) is 19.6 Å². The molecule has 11 heavy (non-hydrogen) atoms. The van der Waals surface area contributed by atoms with Crippen molar-refractivity contribution in [1.82, 2.24) is 10.2 Å². The van der Waals surface area contributed by atoms with E-state index in [2.05, 4.69) is 5.32 Å². The summed E-state index contributed by atoms with van der Waals surface area (Å²) in [6.07, 6.45) is 0.793. The van der Waals surface area contributed by atoms with E-state index in [1.165, 1.54) is 0 Å². The van der Waals surface area contributed by atoms with Crippen LogP contribution in [0.2, 0.25) is 0 Å². The minimum absolute atomic E-state index is 0. The first-order chi connectivity index (χ1) is 4.88. The van der Waals surface area contributed by atoms with Gasteiger partial charge in [0.05, 0.1) is 12.6 Å². The molecule has 0 aromatic heterocycles. The van der Waals surface area contributed by atoms with Crippen molar-refractivity contribution < 1.29 is 9.90 Å². The Morgan fingerprint density at radius 3 is 2.91 bits per heavy atom. The number of halogens is 1. The Balaban J connectivity index is 0.000001000. The van der Waals surface area contributed by atoms with E-state index >= 15 is 0 Å². The molecule has 0 aromatic carbocycles. The molecule has 4 nitrogen and oxygen atoms in total. The number of piperazine rings is 1. The van der Waals surface area contributed by atoms with Crippen molar-refractivity contribution in [3.63, 3.8) is 0 Å². The summed E-state index contributed by atoms with van der Waals surface area (Å²) in [7, 11) is 0. The first kappa shape index (κ1) is 10.7. The van der Waals surface area contributed by atoms with E-state index in [1.54, 1.807) is 4.90 Å². The summed E-state index contributed by atoms with van der Waals surface area (Å²) in [6, 6.07) is -0.0220. The molecule has 0 spiro atoms. The molecule has 1 atom stereocenters. The molecule has 1 fully saturated rings. The molecule has 0 bridgehead atoms. The predicted molar refractivity (Wildman–Crippen MR) is 43.8 cm³/mol. The molecule has 1 rings (SSSR count). The summed E-state index contributed by atoms with van der Waals surface area (Å²) in [5.41, 5.74) is 0. The average Bonchev–Trinajstić information content (AvgIpc) is 2.04. The highest BCUT2D eigenvalue weighted by molar-refractivity contribution is 5.85. The van der Waals surface area contributed by atoms with Crippen LogP contribution in [-0.2, 0) is 4.79 Å². The first-order valence-electron chi connectivity index (χ1n) is 3.41. The molecule has 0 radical (unpaired) electrons. The summed E-state index contributed by atoms with van der Waals surface area (Å²) in [4.78, 5) is 11.9. The van der Waals surface area contributed by atoms with Crippen molar-refractivity contribution in [3.8, 4) is 0 Å². The fourth-order valence-electron chi connectivity index (χ4n) is 1.08. The number of amides is 1. The Labute approximate surface area is 72.0 Å². The third kappa shape index (κ3) is 2.65. The van der Waals surface area contributed by atoms with Crippen LogP contribution in [0.5, 0.6) is 0 Å². The molecule has 1 aliphatic heterocycles. The summed E-state index contributed by atoms with van der Waals surface area (Å²) in [6.45, 7) is 2.28. The molecule has 1 unspecified atom stereocenters. The van der Waals surface area contributed by atoms with Crippen molar-refractivity contribution in [1.29, 1.82) is 0 Å². The summed E-state index contributed by atoms with van der Waals surface area (Å²) in [5, 5.41) is 11.8. The van der Waals surface area contributed by atoms with E-state index in [0.717, 1.165) is 13.0 Å². The van der Waals surface area contributed by atoms with Gasteiger partial charge < -0.3 is 15.3 Å². The third-order valence-corrected chi connectivity index (χ3v) is 1.74. The van der Waals surface area contributed by atoms with Gasteiger partial charge in [-0.3, -0.25) is 4.79 Å². The topological polar surface area (TPSA) is 52.6 Å². The fourth-order valence-corrected chi connectivity index (χ4v) is 1.08. The van der Waals surface area contributed by atoms with E-state index in [4.69, 9.17) is 5.11 Å². The maximum Gasteiger partial charge on any atom is 0.210 e. The Kier molecular flexibility index (Phi) is 5.19. The van der Waals surface area contributed by atoms with E-state index in [0.29, 0.717) is 13.1 Å². The van der Waals surface area contributed by atoms with Crippen LogP contribution in [0.25, 0.3) is 0 Å². The molecule has 0 aromatic rings. The number of aliphatic hydroxyl groups excluding tert-OH is 1. The van der Waals surface area contributed by atoms with Gasteiger partial charge in [0.25, 0.3) is 0 Å². The maximum absolute atomic E-state index is 10.3. The van der Waals surface area contributed by atoms with E-state index in [1.807, 2.05) is 0 Å². The minimum Gasteiger partial charge on any atom is -0.394 e. The van der Waals surface area contributed by atoms with Crippen LogP contribution in [0.3, 0.4) is 0 Å². The van der Waals surface area contributed by atoms with Crippen molar-refractivity contribution >= 4 is 18.8 Å². The summed E-state index contributed by atoms with van der Waals surface area (Å²) in [5.74, 6) is 0. The number of nitrogens with one attached hydrogen (secondary N) is 1. The van der Waals surface area contributed by atoms with Gasteiger partial charge in [-0.2, -0.15) is 0 Å². The molecular weight excluding hydrogens is 168 g/mol. The second-order valence-corrected chi connectivity index (χ2v) is 2.38. The number of carbonyl (C=O) groups excluding carboxylic acids is 1. The second-order valence-electron chi connectivity index (χ2n) is 2.38. The van der Waals surface area contributed by atoms with Gasteiger partial charge in [0.1, 0.15) is 0 Å². The van der Waals surface area contributed by atoms with Crippen LogP contribution >= 0.6 is 12.4 Å². The lowest BCUT2D eigenvalue weighted by atomic mass is 10.2. The van der Waals surface area contributed by atoms with Gasteiger partial charge in [0.15, 0.2) is 0 Å². The van der Waals surface area contributed by atoms with Gasteiger partial charge in [-0.05, 0) is 0 Å². The Morgan fingerprint density at radius 1 is 1.73 bits per heavy atom. The smallest absolute Gasteiger partial charge is 0.210 e. The van der Waals surface area contributed by atoms with Crippen molar-refractivity contribution in [2.45, 2.75) is 6.04 Å². The van der Waals surface area contributed by atoms with Crippen LogP contribution < -0.4 is 5.32 Å². The lowest BCUT2D eigenvalue weighted by molar-refractivity contribution is -0.121. The summed E-state index contributed by atoms with van der Waals surface area (Å²) < 4.78 is 0. The van der Waals surface area contributed by atoms with E-state index in [9.17, 15) is 4.79 Å². The van der Waals surface area contributed by atoms with Gasteiger partial charge >= 0.3 is 0 Å². The molecular formula is C6H13ClN2O2. The Morgan fingerprint density at radius 2 is 2.45 bits per heavy atom. The largest absolute Gasteiger partial charge is 0.394 e. The number of carbonyl (C=O) groups is 1. The zero-order valence-electron chi connectivity index (χ0n) is 6.19. The zero-order chi connectivity index (χ0) is 7.40. The SMILES string of the molecule is Cl.O=CN1CCNCC1CO. The quantitative estimate of drug-likeness (QED) is 0.527. The van der Waals surface area contributed by atoms with Crippen LogP contribution in [-0.4, -0.2) is 48.7 Å². The minimum atomic E-state index is -0.0220. The van der Waals surface area contributed by atoms with Crippen LogP contribution in [0, 0.1) is 0 Å². The zero-order valence-corrected chi connectivity index (χ0v) is 7.01. The van der Waals surface area contributed by atoms with Crippen molar-refractivity contribution in [3.05, 3.63) is 0 Å². The Hall–Kier alpha value is -0.320. The highest BCUT2D eigenvalue weighted by Crippen LogP contribution is 1.97. The maximum atomic E-state index is 10.3. The second kappa shape index (κ2) is 5.35. The van der Waals surface area contributed by atoms with Gasteiger partial charge in [-0.25, -0.2) is 0 Å². The fraction of sp³-hybridized carbons (Fsp3) is 0.833. The van der Waals surface area contributed by atoms with Crippen molar-refractivity contribution in [2.75, 3.05) is 26.2 Å². The van der Waals surface area contributed by atoms with E-state index < -0.39 is 0 Å². The van der Waals surface area contributed by atoms with Crippen LogP contribution in [0.15, 0.2) is 0 Å². The molecule has 5 heteroatoms. The number of hydrogen-bond acceptors (Lipinski definition) is 3. The standard InChI is InChI=1S/C6H12N2O2.ClH/c9-4-6-3-7-1-2-8(6)5-10;/h5-7,9H,1-4H2;1H. The number of hydrogen-bond donors (Lipinski definition) is 2. The van der Waals surface area contributed by atoms with Crippen LogP contribution in [0.1, 0.15) is 0 Å². The number of rotatable bonds is 2. The highest BCUT2D eigenvalue weighted by atomic mass is 35.5. The summed E-state index contributed by atoms with van der Waals surface area (Å²) >= 11 is 0. The van der Waals surface area contributed by atoms with Gasteiger partial charge in [-0.1, -0.05) is 0 Å². The predicted octanol–water partition coefficient (Wildman–Crippen LogP) is -1.17. The molecule has 1 saturated heterocycles. The lowest BCUT2D eigenvalue weighted by Gasteiger charge is -2.31. The molecule has 0 aliphatic carbocycles. The molecule has 1 heterocycles. The monoisotopic (exact) mass is 180 g/mol. The van der Waals surface area contributed by atoms with Gasteiger partial charge in [0.2, 0.25) is 6.41 Å². The Bertz CT molecular complexity index is 123. The molecule has 2 N–H and O–H groups in total. The normalized spacial score (nSPS) is 24.1. The average molecular weight is 181 g/mol. The first-order valence-corrected chi connectivity index (χ1v) is 3.41. The van der Waals surface area contributed by atoms with Crippen LogP contribution in [0.4, 0.5) is 0 Å². The molecule has 1 aliphatic rings. The van der Waals surface area contributed by atoms with Gasteiger partial charge in [-0.15, -0.1) is 12.4 Å². The molecule has 0 saturated carbocycles. The van der Waals surface area contributed by atoms with E-state index in [-0.39, 0.29) is 25.1 Å². The number of aliphatic hydroxyl groups is 1. The number of nitrogens with zero attached hydrogens (tertiary/aromatic N) is 1. The van der Waals surface area contributed by atoms with Crippen molar-refractivity contribution in [2.24, 2.45) is 0 Å². The lowest BCUT2D eigenvalue weighted by Crippen LogP contribution is -2.52. The third-order valence-electron chi connectivity index (χ3n) is 1.74. The molecule has 1 amide bonds. The highest BCUT2D eigenvalue weighted by Gasteiger charge is 2.18.